The number of hydrogen-bond donors (Lipinski definition) is 1. The first kappa shape index (κ1) is 16.6. The van der Waals surface area contributed by atoms with Crippen molar-refractivity contribution in [1.82, 2.24) is 9.47 Å². The molecule has 0 radical (unpaired) electrons. The van der Waals surface area contributed by atoms with E-state index in [0.717, 1.165) is 10.9 Å². The fourth-order valence-electron chi connectivity index (χ4n) is 2.51. The number of carbonyl (C=O) groups excluding carboxylic acids is 2. The summed E-state index contributed by atoms with van der Waals surface area (Å²) in [6.07, 6.45) is 1.89. The molecule has 2 rings (SSSR count). The number of hydrogen-bond acceptors (Lipinski definition) is 2. The first-order valence-corrected chi connectivity index (χ1v) is 7.69. The fourth-order valence-corrected chi connectivity index (χ4v) is 2.51. The van der Waals surface area contributed by atoms with Crippen LogP contribution in [0.25, 0.3) is 10.9 Å². The van der Waals surface area contributed by atoms with Crippen LogP contribution in [0.2, 0.25) is 0 Å². The quantitative estimate of drug-likeness (QED) is 0.863. The summed E-state index contributed by atoms with van der Waals surface area (Å²) in [4.78, 5) is 25.5. The summed E-state index contributed by atoms with van der Waals surface area (Å²) in [5, 5.41) is 3.70. The van der Waals surface area contributed by atoms with Crippen molar-refractivity contribution >= 4 is 28.4 Å². The number of benzene rings is 1. The van der Waals surface area contributed by atoms with E-state index < -0.39 is 0 Å². The lowest BCUT2D eigenvalue weighted by molar-refractivity contribution is -0.131. The second-order valence-corrected chi connectivity index (χ2v) is 5.11. The predicted octanol–water partition coefficient (Wildman–Crippen LogP) is 2.47. The van der Waals surface area contributed by atoms with E-state index in [4.69, 9.17) is 0 Å². The van der Waals surface area contributed by atoms with Gasteiger partial charge in [0.25, 0.3) is 5.91 Å². The van der Waals surface area contributed by atoms with E-state index in [1.165, 1.54) is 0 Å². The molecule has 1 heterocycles. The summed E-state index contributed by atoms with van der Waals surface area (Å²) in [5.74, 6) is 4.78. The molecule has 120 valence electrons. The van der Waals surface area contributed by atoms with E-state index in [1.807, 2.05) is 53.8 Å². The van der Waals surface area contributed by atoms with Crippen LogP contribution >= 0.6 is 0 Å². The molecule has 0 saturated heterocycles. The highest BCUT2D eigenvalue weighted by atomic mass is 16.2. The number of likely N-dealkylation sites (N-methyl/N-ethyl adjacent to an activating group) is 1. The van der Waals surface area contributed by atoms with E-state index in [2.05, 4.69) is 17.2 Å². The highest BCUT2D eigenvalue weighted by Crippen LogP contribution is 2.20. The van der Waals surface area contributed by atoms with Crippen LogP contribution in [0.3, 0.4) is 0 Å². The number of fused-ring (bicyclic) bond motifs is 1. The predicted molar refractivity (Wildman–Crippen MR) is 91.9 cm³/mol. The largest absolute Gasteiger partial charge is 0.342 e. The van der Waals surface area contributed by atoms with Gasteiger partial charge in [0.2, 0.25) is 5.91 Å². The maximum Gasteiger partial charge on any atom is 0.300 e. The molecule has 0 aliphatic heterocycles. The van der Waals surface area contributed by atoms with Gasteiger partial charge in [-0.1, -0.05) is 5.92 Å². The summed E-state index contributed by atoms with van der Waals surface area (Å²) in [7, 11) is 0. The van der Waals surface area contributed by atoms with Gasteiger partial charge >= 0.3 is 0 Å². The molecule has 1 N–H and O–H groups in total. The Kier molecular flexibility index (Phi) is 5.42. The first-order chi connectivity index (χ1) is 11.1. The van der Waals surface area contributed by atoms with Gasteiger partial charge in [0.1, 0.15) is 6.54 Å². The molecule has 2 aromatic rings. The number of anilines is 1. The van der Waals surface area contributed by atoms with Crippen molar-refractivity contribution in [2.24, 2.45) is 0 Å². The van der Waals surface area contributed by atoms with Crippen LogP contribution in [0.5, 0.6) is 0 Å². The van der Waals surface area contributed by atoms with Crippen molar-refractivity contribution in [3.63, 3.8) is 0 Å². The second-order valence-electron chi connectivity index (χ2n) is 5.11. The van der Waals surface area contributed by atoms with Crippen LogP contribution in [0.15, 0.2) is 30.5 Å². The monoisotopic (exact) mass is 311 g/mol. The van der Waals surface area contributed by atoms with Gasteiger partial charge in [-0.15, -0.1) is 0 Å². The molecule has 5 heteroatoms. The third-order valence-corrected chi connectivity index (χ3v) is 3.69. The Bertz CT molecular complexity index is 776. The van der Waals surface area contributed by atoms with Crippen LogP contribution in [0.4, 0.5) is 5.69 Å². The van der Waals surface area contributed by atoms with E-state index in [9.17, 15) is 9.59 Å². The summed E-state index contributed by atoms with van der Waals surface area (Å²) in [6.45, 7) is 7.31. The van der Waals surface area contributed by atoms with Crippen molar-refractivity contribution in [2.75, 3.05) is 18.4 Å². The summed E-state index contributed by atoms with van der Waals surface area (Å²) < 4.78 is 1.92. The summed E-state index contributed by atoms with van der Waals surface area (Å²) >= 11 is 0. The highest BCUT2D eigenvalue weighted by molar-refractivity contribution is 6.04. The number of carbonyl (C=O) groups is 2. The van der Waals surface area contributed by atoms with Gasteiger partial charge in [-0.05, 0) is 51.0 Å². The number of amides is 2. The van der Waals surface area contributed by atoms with Gasteiger partial charge in [0.15, 0.2) is 0 Å². The third kappa shape index (κ3) is 3.92. The zero-order valence-corrected chi connectivity index (χ0v) is 13.7. The van der Waals surface area contributed by atoms with Gasteiger partial charge in [-0.25, -0.2) is 0 Å². The maximum atomic E-state index is 12.2. The lowest BCUT2D eigenvalue weighted by Gasteiger charge is -2.19. The maximum absolute atomic E-state index is 12.2. The Morgan fingerprint density at radius 1 is 1.22 bits per heavy atom. The molecule has 5 nitrogen and oxygen atoms in total. The smallest absolute Gasteiger partial charge is 0.300 e. The van der Waals surface area contributed by atoms with Crippen LogP contribution in [0.1, 0.15) is 20.8 Å². The number of rotatable bonds is 5. The molecule has 0 unspecified atom stereocenters. The third-order valence-electron chi connectivity index (χ3n) is 3.69. The normalized spacial score (nSPS) is 10.0. The van der Waals surface area contributed by atoms with Crippen molar-refractivity contribution < 1.29 is 9.59 Å². The minimum absolute atomic E-state index is 0.100. The molecule has 1 aromatic heterocycles. The summed E-state index contributed by atoms with van der Waals surface area (Å²) in [6, 6.07) is 7.53. The minimum Gasteiger partial charge on any atom is -0.342 e. The van der Waals surface area contributed by atoms with E-state index in [1.54, 1.807) is 6.92 Å². The average Bonchev–Trinajstić information content (AvgIpc) is 2.91. The molecule has 0 aliphatic carbocycles. The Labute approximate surface area is 136 Å². The van der Waals surface area contributed by atoms with Crippen molar-refractivity contribution in [3.8, 4) is 11.8 Å². The van der Waals surface area contributed by atoms with Crippen LogP contribution < -0.4 is 5.32 Å². The molecule has 1 aromatic carbocycles. The molecule has 0 atom stereocenters. The Morgan fingerprint density at radius 2 is 1.96 bits per heavy atom. The zero-order valence-electron chi connectivity index (χ0n) is 13.7. The van der Waals surface area contributed by atoms with Gasteiger partial charge in [0.05, 0.1) is 0 Å². The molecular weight excluding hydrogens is 290 g/mol. The van der Waals surface area contributed by atoms with E-state index in [-0.39, 0.29) is 11.8 Å². The average molecular weight is 311 g/mol. The molecule has 0 bridgehead atoms. The molecule has 2 amide bonds. The SMILES string of the molecule is CC#CC(=O)Nc1ccc2c(ccn2CC(=O)N(CC)CC)c1. The number of aromatic nitrogens is 1. The number of nitrogens with one attached hydrogen (secondary N) is 1. The molecule has 0 saturated carbocycles. The highest BCUT2D eigenvalue weighted by Gasteiger charge is 2.12. The topological polar surface area (TPSA) is 54.3 Å². The van der Waals surface area contributed by atoms with Crippen LogP contribution in [0, 0.1) is 11.8 Å². The van der Waals surface area contributed by atoms with Gasteiger partial charge in [-0.2, -0.15) is 0 Å². The molecular formula is C18H21N3O2. The Morgan fingerprint density at radius 3 is 2.61 bits per heavy atom. The van der Waals surface area contributed by atoms with Crippen molar-refractivity contribution in [1.29, 1.82) is 0 Å². The van der Waals surface area contributed by atoms with Crippen molar-refractivity contribution in [3.05, 3.63) is 30.5 Å². The molecule has 23 heavy (non-hydrogen) atoms. The molecule has 0 spiro atoms. The standard InChI is InChI=1S/C18H21N3O2/c1-4-7-17(22)19-15-8-9-16-14(12-15)10-11-21(16)13-18(23)20(5-2)6-3/h8-12H,5-6,13H2,1-3H3,(H,19,22). The second kappa shape index (κ2) is 7.50. The lowest BCUT2D eigenvalue weighted by Crippen LogP contribution is -2.33. The van der Waals surface area contributed by atoms with Gasteiger partial charge in [0, 0.05) is 35.9 Å². The lowest BCUT2D eigenvalue weighted by atomic mass is 10.2. The minimum atomic E-state index is -0.331. The van der Waals surface area contributed by atoms with E-state index >= 15 is 0 Å². The van der Waals surface area contributed by atoms with Crippen LogP contribution in [-0.2, 0) is 16.1 Å². The Hall–Kier alpha value is -2.74. The molecule has 0 fully saturated rings. The summed E-state index contributed by atoms with van der Waals surface area (Å²) in [5.41, 5.74) is 1.66. The molecule has 0 aliphatic rings. The van der Waals surface area contributed by atoms with Crippen molar-refractivity contribution in [2.45, 2.75) is 27.3 Å². The van der Waals surface area contributed by atoms with Gasteiger partial charge < -0.3 is 14.8 Å². The fraction of sp³-hybridized carbons (Fsp3) is 0.333. The zero-order chi connectivity index (χ0) is 16.8. The Balaban J connectivity index is 2.19. The van der Waals surface area contributed by atoms with Gasteiger partial charge in [-0.3, -0.25) is 9.59 Å². The van der Waals surface area contributed by atoms with Crippen LogP contribution in [-0.4, -0.2) is 34.4 Å². The number of nitrogens with zero attached hydrogens (tertiary/aromatic N) is 2. The first-order valence-electron chi connectivity index (χ1n) is 7.69. The van der Waals surface area contributed by atoms with E-state index in [0.29, 0.717) is 25.3 Å².